The maximum atomic E-state index is 13.3. The SMILES string of the molecule is Cc1c(Cl)cccc1N(CC(=O)NCCC1=CCCCC1)S(=O)(=O)c1ccccc1. The molecule has 0 aliphatic heterocycles. The number of sulfonamides is 1. The van der Waals surface area contributed by atoms with Gasteiger partial charge < -0.3 is 5.32 Å². The number of nitrogens with zero attached hydrogens (tertiary/aromatic N) is 1. The topological polar surface area (TPSA) is 66.5 Å². The lowest BCUT2D eigenvalue weighted by Crippen LogP contribution is -2.41. The Kier molecular flexibility index (Phi) is 7.56. The van der Waals surface area contributed by atoms with E-state index in [4.69, 9.17) is 11.6 Å². The smallest absolute Gasteiger partial charge is 0.264 e. The molecule has 1 aliphatic carbocycles. The van der Waals surface area contributed by atoms with Gasteiger partial charge in [-0.15, -0.1) is 0 Å². The van der Waals surface area contributed by atoms with Crippen molar-refractivity contribution in [1.82, 2.24) is 5.32 Å². The second-order valence-electron chi connectivity index (χ2n) is 7.42. The average molecular weight is 447 g/mol. The van der Waals surface area contributed by atoms with Crippen LogP contribution >= 0.6 is 11.6 Å². The number of nitrogens with one attached hydrogen (secondary N) is 1. The quantitative estimate of drug-likeness (QED) is 0.589. The summed E-state index contributed by atoms with van der Waals surface area (Å²) in [6.07, 6.45) is 7.63. The molecule has 0 atom stereocenters. The highest BCUT2D eigenvalue weighted by molar-refractivity contribution is 7.92. The van der Waals surface area contributed by atoms with E-state index in [1.54, 1.807) is 43.3 Å². The number of allylic oxidation sites excluding steroid dienone is 1. The molecule has 1 N–H and O–H groups in total. The molecule has 0 unspecified atom stereocenters. The van der Waals surface area contributed by atoms with E-state index in [-0.39, 0.29) is 17.3 Å². The molecule has 0 aromatic heterocycles. The monoisotopic (exact) mass is 446 g/mol. The predicted octanol–water partition coefficient (Wildman–Crippen LogP) is 4.85. The molecule has 1 amide bonds. The van der Waals surface area contributed by atoms with Gasteiger partial charge in [-0.05, 0) is 68.9 Å². The maximum absolute atomic E-state index is 13.3. The van der Waals surface area contributed by atoms with Crippen molar-refractivity contribution in [2.24, 2.45) is 0 Å². The minimum absolute atomic E-state index is 0.129. The van der Waals surface area contributed by atoms with Crippen molar-refractivity contribution in [2.75, 3.05) is 17.4 Å². The Hall–Kier alpha value is -2.31. The lowest BCUT2D eigenvalue weighted by atomic mass is 9.97. The second kappa shape index (κ2) is 10.1. The third kappa shape index (κ3) is 5.43. The molecule has 0 bridgehead atoms. The third-order valence-corrected chi connectivity index (χ3v) is 7.46. The van der Waals surface area contributed by atoms with Gasteiger partial charge in [-0.1, -0.05) is 47.5 Å². The number of rotatable bonds is 8. The van der Waals surface area contributed by atoms with E-state index in [2.05, 4.69) is 11.4 Å². The number of hydrogen-bond donors (Lipinski definition) is 1. The number of halogens is 1. The molecule has 2 aromatic carbocycles. The van der Waals surface area contributed by atoms with Crippen molar-refractivity contribution in [3.8, 4) is 0 Å². The van der Waals surface area contributed by atoms with Gasteiger partial charge in [-0.3, -0.25) is 9.10 Å². The van der Waals surface area contributed by atoms with Crippen LogP contribution in [0.5, 0.6) is 0 Å². The molecule has 0 saturated carbocycles. The Bertz CT molecular complexity index is 1020. The molecule has 3 rings (SSSR count). The van der Waals surface area contributed by atoms with Gasteiger partial charge in [0.15, 0.2) is 0 Å². The Labute approximate surface area is 183 Å². The summed E-state index contributed by atoms with van der Waals surface area (Å²) in [5, 5.41) is 3.32. The summed E-state index contributed by atoms with van der Waals surface area (Å²) in [6, 6.07) is 13.2. The number of carbonyl (C=O) groups is 1. The lowest BCUT2D eigenvalue weighted by molar-refractivity contribution is -0.119. The van der Waals surface area contributed by atoms with Crippen LogP contribution in [0.15, 0.2) is 65.1 Å². The molecular weight excluding hydrogens is 420 g/mol. The van der Waals surface area contributed by atoms with E-state index < -0.39 is 10.0 Å². The van der Waals surface area contributed by atoms with Crippen LogP contribution < -0.4 is 9.62 Å². The molecule has 0 heterocycles. The van der Waals surface area contributed by atoms with Crippen LogP contribution in [0.4, 0.5) is 5.69 Å². The number of hydrogen-bond acceptors (Lipinski definition) is 3. The molecule has 1 aliphatic rings. The fraction of sp³-hybridized carbons (Fsp3) is 0.348. The lowest BCUT2D eigenvalue weighted by Gasteiger charge is -2.26. The molecule has 30 heavy (non-hydrogen) atoms. The zero-order valence-corrected chi connectivity index (χ0v) is 18.7. The molecule has 0 saturated heterocycles. The zero-order chi connectivity index (χ0) is 21.6. The molecule has 0 radical (unpaired) electrons. The van der Waals surface area contributed by atoms with Crippen LogP contribution in [0.25, 0.3) is 0 Å². The van der Waals surface area contributed by atoms with E-state index >= 15 is 0 Å². The van der Waals surface area contributed by atoms with E-state index in [0.717, 1.165) is 23.6 Å². The van der Waals surface area contributed by atoms with Gasteiger partial charge >= 0.3 is 0 Å². The Balaban J connectivity index is 1.80. The molecule has 2 aromatic rings. The van der Waals surface area contributed by atoms with Crippen LogP contribution in [-0.4, -0.2) is 27.4 Å². The standard InChI is InChI=1S/C23H27ClN2O3S/c1-18-21(24)13-8-14-22(18)26(30(28,29)20-11-6-3-7-12-20)17-23(27)25-16-15-19-9-4-2-5-10-19/h3,6-9,11-14H,2,4-5,10,15-17H2,1H3,(H,25,27). The number of carbonyl (C=O) groups excluding carboxylic acids is 1. The van der Waals surface area contributed by atoms with Gasteiger partial charge in [0.25, 0.3) is 10.0 Å². The fourth-order valence-corrected chi connectivity index (χ4v) is 5.24. The first-order chi connectivity index (χ1) is 14.4. The maximum Gasteiger partial charge on any atom is 0.264 e. The molecule has 160 valence electrons. The van der Waals surface area contributed by atoms with Crippen molar-refractivity contribution < 1.29 is 13.2 Å². The van der Waals surface area contributed by atoms with Gasteiger partial charge in [0, 0.05) is 11.6 Å². The van der Waals surface area contributed by atoms with Crippen molar-refractivity contribution in [3.63, 3.8) is 0 Å². The van der Waals surface area contributed by atoms with Crippen molar-refractivity contribution in [2.45, 2.75) is 43.9 Å². The Morgan fingerprint density at radius 2 is 1.87 bits per heavy atom. The Morgan fingerprint density at radius 3 is 2.57 bits per heavy atom. The average Bonchev–Trinajstić information content (AvgIpc) is 2.75. The second-order valence-corrected chi connectivity index (χ2v) is 9.69. The summed E-state index contributed by atoms with van der Waals surface area (Å²) in [7, 11) is -3.93. The first-order valence-corrected chi connectivity index (χ1v) is 12.0. The summed E-state index contributed by atoms with van der Waals surface area (Å²) < 4.78 is 27.8. The number of amides is 1. The van der Waals surface area contributed by atoms with Crippen molar-refractivity contribution in [1.29, 1.82) is 0 Å². The molecule has 7 heteroatoms. The van der Waals surface area contributed by atoms with E-state index in [1.165, 1.54) is 30.5 Å². The van der Waals surface area contributed by atoms with Crippen LogP contribution in [0.2, 0.25) is 5.02 Å². The van der Waals surface area contributed by atoms with Gasteiger partial charge in [0.2, 0.25) is 5.91 Å². The fourth-order valence-electron chi connectivity index (χ4n) is 3.57. The Morgan fingerprint density at radius 1 is 1.10 bits per heavy atom. The summed E-state index contributed by atoms with van der Waals surface area (Å²) in [5.41, 5.74) is 2.37. The largest absolute Gasteiger partial charge is 0.354 e. The molecular formula is C23H27ClN2O3S. The van der Waals surface area contributed by atoms with Gasteiger partial charge in [0.1, 0.15) is 6.54 Å². The minimum atomic E-state index is -3.93. The number of benzene rings is 2. The minimum Gasteiger partial charge on any atom is -0.354 e. The van der Waals surface area contributed by atoms with Crippen LogP contribution in [0.1, 0.15) is 37.7 Å². The highest BCUT2D eigenvalue weighted by atomic mass is 35.5. The molecule has 5 nitrogen and oxygen atoms in total. The number of anilines is 1. The van der Waals surface area contributed by atoms with Gasteiger partial charge in [-0.2, -0.15) is 0 Å². The normalized spacial score (nSPS) is 14.1. The van der Waals surface area contributed by atoms with Crippen molar-refractivity contribution >= 4 is 33.2 Å². The molecule has 0 fully saturated rings. The van der Waals surface area contributed by atoms with Gasteiger partial charge in [0.05, 0.1) is 10.6 Å². The summed E-state index contributed by atoms with van der Waals surface area (Å²) in [4.78, 5) is 12.8. The zero-order valence-electron chi connectivity index (χ0n) is 17.1. The highest BCUT2D eigenvalue weighted by Crippen LogP contribution is 2.30. The van der Waals surface area contributed by atoms with Crippen LogP contribution in [0.3, 0.4) is 0 Å². The third-order valence-electron chi connectivity index (χ3n) is 5.28. The van der Waals surface area contributed by atoms with E-state index in [9.17, 15) is 13.2 Å². The van der Waals surface area contributed by atoms with E-state index in [0.29, 0.717) is 22.8 Å². The first-order valence-electron chi connectivity index (χ1n) is 10.2. The van der Waals surface area contributed by atoms with E-state index in [1.807, 2.05) is 0 Å². The van der Waals surface area contributed by atoms with Crippen molar-refractivity contribution in [3.05, 3.63) is 70.8 Å². The molecule has 0 spiro atoms. The predicted molar refractivity (Wildman–Crippen MR) is 121 cm³/mol. The van der Waals surface area contributed by atoms with Crippen LogP contribution in [-0.2, 0) is 14.8 Å². The summed E-state index contributed by atoms with van der Waals surface area (Å²) in [6.45, 7) is 1.94. The summed E-state index contributed by atoms with van der Waals surface area (Å²) in [5.74, 6) is -0.342. The van der Waals surface area contributed by atoms with Gasteiger partial charge in [-0.25, -0.2) is 8.42 Å². The summed E-state index contributed by atoms with van der Waals surface area (Å²) >= 11 is 6.23. The van der Waals surface area contributed by atoms with Crippen LogP contribution in [0, 0.1) is 6.92 Å². The first kappa shape index (κ1) is 22.4. The highest BCUT2D eigenvalue weighted by Gasteiger charge is 2.28.